The van der Waals surface area contributed by atoms with Crippen molar-refractivity contribution in [2.24, 2.45) is 0 Å². The van der Waals surface area contributed by atoms with Gasteiger partial charge >= 0.3 is 23.1 Å². The van der Waals surface area contributed by atoms with Crippen LogP contribution in [0.1, 0.15) is 0 Å². The number of nitrogens with zero attached hydrogens (tertiary/aromatic N) is 2. The summed E-state index contributed by atoms with van der Waals surface area (Å²) in [7, 11) is 8.35. The minimum Gasteiger partial charge on any atom is -0.358 e. The summed E-state index contributed by atoms with van der Waals surface area (Å²) < 4.78 is 0. The van der Waals surface area contributed by atoms with E-state index in [9.17, 15) is 0 Å². The topological polar surface area (TPSA) is 6.48 Å². The molecule has 0 aromatic heterocycles. The van der Waals surface area contributed by atoms with Gasteiger partial charge in [0.25, 0.3) is 0 Å². The van der Waals surface area contributed by atoms with Crippen LogP contribution in [0.25, 0.3) is 0 Å². The Morgan fingerprint density at radius 3 is 1.00 bits per heavy atom. The Morgan fingerprint density at radius 1 is 0.727 bits per heavy atom. The van der Waals surface area contributed by atoms with E-state index >= 15 is 0 Å². The van der Waals surface area contributed by atoms with E-state index < -0.39 is 0 Å². The molecule has 0 aromatic carbocycles. The molecule has 11 heavy (non-hydrogen) atoms. The third-order valence-corrected chi connectivity index (χ3v) is 0.994. The molecule has 66 valence electrons. The number of hydrogen-bond acceptors (Lipinski definition) is 2. The van der Waals surface area contributed by atoms with Gasteiger partial charge in [-0.3, -0.25) is 0 Å². The van der Waals surface area contributed by atoms with Crippen LogP contribution in [-0.2, 0) is 0 Å². The maximum absolute atomic E-state index is 2.18. The fourth-order valence-electron chi connectivity index (χ4n) is 0.400. The Kier molecular flexibility index (Phi) is 27.3. The van der Waals surface area contributed by atoms with E-state index in [1.54, 1.807) is 0 Å². The molecule has 2 nitrogen and oxygen atoms in total. The van der Waals surface area contributed by atoms with Crippen molar-refractivity contribution in [3.05, 3.63) is 14.9 Å². The largest absolute Gasteiger partial charge is 2.00 e. The van der Waals surface area contributed by atoms with Gasteiger partial charge in [0.2, 0.25) is 0 Å². The summed E-state index contributed by atoms with van der Waals surface area (Å²) in [5.74, 6) is 0. The molecule has 0 fully saturated rings. The molecule has 3 heteroatoms. The van der Waals surface area contributed by atoms with E-state index in [1.165, 1.54) is 0 Å². The fourth-order valence-corrected chi connectivity index (χ4v) is 0.400. The van der Waals surface area contributed by atoms with Gasteiger partial charge in [-0.15, -0.1) is 0 Å². The molecule has 0 saturated heterocycles. The summed E-state index contributed by atoms with van der Waals surface area (Å²) in [6.45, 7) is 2.29. The van der Waals surface area contributed by atoms with Gasteiger partial charge in [0.1, 0.15) is 0 Å². The number of likely N-dealkylation sites (N-methyl/N-ethyl adjacent to an activating group) is 2. The average molecular weight is 171 g/mol. The van der Waals surface area contributed by atoms with E-state index in [0.29, 0.717) is 0 Å². The van der Waals surface area contributed by atoms with Crippen LogP contribution in [0.15, 0.2) is 0 Å². The SMILES string of the molecule is CN(C)CCN(C)C.[CH3-].[CH3-].[Mg+2]. The van der Waals surface area contributed by atoms with Gasteiger partial charge in [-0.25, -0.2) is 0 Å². The summed E-state index contributed by atoms with van der Waals surface area (Å²) in [6.07, 6.45) is 0. The second kappa shape index (κ2) is 13.3. The predicted octanol–water partition coefficient (Wildman–Crippen LogP) is 0.629. The molecule has 0 unspecified atom stereocenters. The van der Waals surface area contributed by atoms with E-state index in [-0.39, 0.29) is 37.9 Å². The molecule has 0 spiro atoms. The quantitative estimate of drug-likeness (QED) is 0.453. The summed E-state index contributed by atoms with van der Waals surface area (Å²) in [5.41, 5.74) is 0. The van der Waals surface area contributed by atoms with Gasteiger partial charge in [0.15, 0.2) is 0 Å². The molecular formula is C8H22MgN2. The van der Waals surface area contributed by atoms with Gasteiger partial charge < -0.3 is 24.7 Å². The Morgan fingerprint density at radius 2 is 0.909 bits per heavy atom. The summed E-state index contributed by atoms with van der Waals surface area (Å²) in [5, 5.41) is 0. The summed E-state index contributed by atoms with van der Waals surface area (Å²) >= 11 is 0. The first kappa shape index (κ1) is 22.6. The molecule has 0 atom stereocenters. The van der Waals surface area contributed by atoms with Crippen molar-refractivity contribution in [3.63, 3.8) is 0 Å². The zero-order chi connectivity index (χ0) is 6.57. The maximum atomic E-state index is 2.18. The van der Waals surface area contributed by atoms with Crippen LogP contribution < -0.4 is 0 Å². The fraction of sp³-hybridized carbons (Fsp3) is 0.750. The van der Waals surface area contributed by atoms with Crippen LogP contribution in [0.2, 0.25) is 0 Å². The molecule has 0 amide bonds. The minimum absolute atomic E-state index is 0. The normalized spacial score (nSPS) is 8.18. The monoisotopic (exact) mass is 170 g/mol. The molecule has 0 rings (SSSR count). The first-order valence-corrected chi connectivity index (χ1v) is 2.92. The molecule has 0 N–H and O–H groups in total. The van der Waals surface area contributed by atoms with Gasteiger partial charge in [-0.2, -0.15) is 0 Å². The van der Waals surface area contributed by atoms with E-state index in [0.717, 1.165) is 13.1 Å². The second-order valence-electron chi connectivity index (χ2n) is 2.61. The van der Waals surface area contributed by atoms with Crippen molar-refractivity contribution in [3.8, 4) is 0 Å². The van der Waals surface area contributed by atoms with E-state index in [2.05, 4.69) is 38.0 Å². The number of rotatable bonds is 3. The van der Waals surface area contributed by atoms with Gasteiger partial charge in [-0.1, -0.05) is 0 Å². The van der Waals surface area contributed by atoms with Crippen molar-refractivity contribution in [1.82, 2.24) is 9.80 Å². The molecule has 0 aliphatic rings. The minimum atomic E-state index is 0. The Labute approximate surface area is 89.1 Å². The van der Waals surface area contributed by atoms with Crippen molar-refractivity contribution in [2.45, 2.75) is 0 Å². The summed E-state index contributed by atoms with van der Waals surface area (Å²) in [4.78, 5) is 4.36. The molecular weight excluding hydrogens is 148 g/mol. The van der Waals surface area contributed by atoms with E-state index in [4.69, 9.17) is 0 Å². The number of hydrogen-bond donors (Lipinski definition) is 0. The zero-order valence-electron chi connectivity index (χ0n) is 9.02. The molecule has 0 saturated carbocycles. The third-order valence-electron chi connectivity index (χ3n) is 0.994. The van der Waals surface area contributed by atoms with Gasteiger partial charge in [-0.05, 0) is 28.2 Å². The molecule has 0 aromatic rings. The molecule has 0 bridgehead atoms. The second-order valence-corrected chi connectivity index (χ2v) is 2.61. The smallest absolute Gasteiger partial charge is 0.358 e. The molecule has 0 heterocycles. The van der Waals surface area contributed by atoms with Crippen LogP contribution in [-0.4, -0.2) is 74.1 Å². The first-order valence-electron chi connectivity index (χ1n) is 2.92. The predicted molar refractivity (Wildman–Crippen MR) is 55.7 cm³/mol. The van der Waals surface area contributed by atoms with Crippen LogP contribution >= 0.6 is 0 Å². The van der Waals surface area contributed by atoms with Gasteiger partial charge in [0.05, 0.1) is 0 Å². The van der Waals surface area contributed by atoms with Crippen LogP contribution in [0.5, 0.6) is 0 Å². The third kappa shape index (κ3) is 24.9. The average Bonchev–Trinajstić information content (AvgIpc) is 1.61. The van der Waals surface area contributed by atoms with Gasteiger partial charge in [0, 0.05) is 13.1 Å². The van der Waals surface area contributed by atoms with Crippen molar-refractivity contribution < 1.29 is 0 Å². The first-order chi connectivity index (χ1) is 3.63. The van der Waals surface area contributed by atoms with Crippen LogP contribution in [0.3, 0.4) is 0 Å². The standard InChI is InChI=1S/C6H16N2.2CH3.Mg/c1-7(2)5-6-8(3)4;;;/h5-6H2,1-4H3;2*1H3;/q;2*-1;+2. The molecule has 0 aliphatic heterocycles. The maximum Gasteiger partial charge on any atom is 2.00 e. The van der Waals surface area contributed by atoms with Crippen LogP contribution in [0.4, 0.5) is 0 Å². The Bertz CT molecular complexity index is 48.1. The Balaban J connectivity index is -0.0000000817. The van der Waals surface area contributed by atoms with Crippen LogP contribution in [0, 0.1) is 14.9 Å². The van der Waals surface area contributed by atoms with Crippen molar-refractivity contribution in [2.75, 3.05) is 41.3 Å². The summed E-state index contributed by atoms with van der Waals surface area (Å²) in [6, 6.07) is 0. The van der Waals surface area contributed by atoms with Crippen molar-refractivity contribution in [1.29, 1.82) is 0 Å². The molecule has 0 radical (unpaired) electrons. The van der Waals surface area contributed by atoms with E-state index in [1.807, 2.05) is 0 Å². The molecule has 0 aliphatic carbocycles. The van der Waals surface area contributed by atoms with Crippen molar-refractivity contribution >= 4 is 23.1 Å². The zero-order valence-corrected chi connectivity index (χ0v) is 10.4. The Hall–Kier alpha value is 0.686.